The number of rotatable bonds is 6. The minimum Gasteiger partial charge on any atom is -0.480 e. The Morgan fingerprint density at radius 3 is 2.75 bits per heavy atom. The van der Waals surface area contributed by atoms with Crippen LogP contribution in [0.4, 0.5) is 0 Å². The van der Waals surface area contributed by atoms with Crippen molar-refractivity contribution in [3.63, 3.8) is 0 Å². The second-order valence-corrected chi connectivity index (χ2v) is 7.27. The van der Waals surface area contributed by atoms with Crippen LogP contribution in [0.15, 0.2) is 36.5 Å². The lowest BCUT2D eigenvalue weighted by Gasteiger charge is -2.20. The van der Waals surface area contributed by atoms with Gasteiger partial charge in [0.25, 0.3) is 0 Å². The fraction of sp³-hybridized carbons (Fsp3) is 0.409. The van der Waals surface area contributed by atoms with Gasteiger partial charge < -0.3 is 14.4 Å². The third-order valence-electron chi connectivity index (χ3n) is 5.51. The first-order valence-electron chi connectivity index (χ1n) is 9.77. The van der Waals surface area contributed by atoms with Gasteiger partial charge in [0.05, 0.1) is 25.3 Å². The second kappa shape index (κ2) is 8.10. The van der Waals surface area contributed by atoms with E-state index in [1.807, 2.05) is 6.07 Å². The van der Waals surface area contributed by atoms with Crippen LogP contribution in [0.1, 0.15) is 25.5 Å². The third kappa shape index (κ3) is 3.78. The highest BCUT2D eigenvalue weighted by molar-refractivity contribution is 5.85. The molecule has 0 aliphatic carbocycles. The molecule has 1 aliphatic heterocycles. The molecule has 0 saturated carbocycles. The van der Waals surface area contributed by atoms with Crippen molar-refractivity contribution in [3.05, 3.63) is 42.2 Å². The van der Waals surface area contributed by atoms with Crippen LogP contribution in [0.5, 0.6) is 11.9 Å². The summed E-state index contributed by atoms with van der Waals surface area (Å²) >= 11 is 0. The molecule has 1 atom stereocenters. The number of benzene rings is 1. The molecule has 1 fully saturated rings. The van der Waals surface area contributed by atoms with Crippen LogP contribution in [-0.4, -0.2) is 53.2 Å². The van der Waals surface area contributed by atoms with Gasteiger partial charge >= 0.3 is 6.01 Å². The van der Waals surface area contributed by atoms with E-state index in [1.54, 1.807) is 13.3 Å². The molecular formula is C22H26N4O2. The van der Waals surface area contributed by atoms with Crippen molar-refractivity contribution in [2.75, 3.05) is 27.3 Å². The van der Waals surface area contributed by atoms with E-state index in [1.165, 1.54) is 26.5 Å². The number of pyridine rings is 1. The molecule has 1 saturated heterocycles. The van der Waals surface area contributed by atoms with E-state index in [-0.39, 0.29) is 0 Å². The zero-order valence-corrected chi connectivity index (χ0v) is 16.7. The Morgan fingerprint density at radius 1 is 1.11 bits per heavy atom. The fourth-order valence-electron chi connectivity index (χ4n) is 3.86. The molecule has 0 N–H and O–H groups in total. The largest absolute Gasteiger partial charge is 0.480 e. The maximum absolute atomic E-state index is 5.41. The number of nitrogens with zero attached hydrogens (tertiary/aromatic N) is 4. The van der Waals surface area contributed by atoms with Crippen molar-refractivity contribution < 1.29 is 9.47 Å². The Morgan fingerprint density at radius 2 is 2.00 bits per heavy atom. The standard InChI is InChI=1S/C22H26N4O2/c1-15-5-4-11-26(15)12-10-18-8-6-17-13-16(7-9-20(17)24-18)19-14-23-22(28-3)25-21(19)27-2/h6-9,13-15H,4-5,10-12H2,1-3H3/t15-/m1/s1. The van der Waals surface area contributed by atoms with Gasteiger partial charge in [-0.2, -0.15) is 4.98 Å². The molecule has 0 spiro atoms. The molecule has 3 aromatic rings. The average molecular weight is 378 g/mol. The van der Waals surface area contributed by atoms with Crippen LogP contribution >= 0.6 is 0 Å². The first-order chi connectivity index (χ1) is 13.7. The summed E-state index contributed by atoms with van der Waals surface area (Å²) < 4.78 is 10.5. The van der Waals surface area contributed by atoms with Crippen LogP contribution in [0.2, 0.25) is 0 Å². The third-order valence-corrected chi connectivity index (χ3v) is 5.51. The van der Waals surface area contributed by atoms with E-state index in [4.69, 9.17) is 14.5 Å². The first-order valence-corrected chi connectivity index (χ1v) is 9.77. The van der Waals surface area contributed by atoms with E-state index in [0.29, 0.717) is 17.9 Å². The van der Waals surface area contributed by atoms with E-state index >= 15 is 0 Å². The van der Waals surface area contributed by atoms with Gasteiger partial charge in [0.15, 0.2) is 0 Å². The molecule has 6 heteroatoms. The number of hydrogen-bond acceptors (Lipinski definition) is 6. The van der Waals surface area contributed by atoms with Gasteiger partial charge in [0.1, 0.15) is 0 Å². The molecule has 6 nitrogen and oxygen atoms in total. The van der Waals surface area contributed by atoms with Crippen molar-refractivity contribution in [2.24, 2.45) is 0 Å². The van der Waals surface area contributed by atoms with Crippen molar-refractivity contribution in [1.29, 1.82) is 0 Å². The molecule has 28 heavy (non-hydrogen) atoms. The van der Waals surface area contributed by atoms with Gasteiger partial charge in [0.2, 0.25) is 5.88 Å². The smallest absolute Gasteiger partial charge is 0.319 e. The summed E-state index contributed by atoms with van der Waals surface area (Å²) in [6.07, 6.45) is 5.34. The molecule has 3 heterocycles. The lowest BCUT2D eigenvalue weighted by molar-refractivity contribution is 0.271. The topological polar surface area (TPSA) is 60.4 Å². The molecule has 0 unspecified atom stereocenters. The van der Waals surface area contributed by atoms with Crippen LogP contribution in [-0.2, 0) is 6.42 Å². The van der Waals surface area contributed by atoms with Gasteiger partial charge in [0, 0.05) is 36.3 Å². The highest BCUT2D eigenvalue weighted by Crippen LogP contribution is 2.31. The van der Waals surface area contributed by atoms with Gasteiger partial charge in [-0.05, 0) is 50.1 Å². The molecule has 0 bridgehead atoms. The Hall–Kier alpha value is -2.73. The number of likely N-dealkylation sites (tertiary alicyclic amines) is 1. The fourth-order valence-corrected chi connectivity index (χ4v) is 3.86. The number of hydrogen-bond donors (Lipinski definition) is 0. The summed E-state index contributed by atoms with van der Waals surface area (Å²) in [7, 11) is 3.14. The zero-order chi connectivity index (χ0) is 19.5. The Kier molecular flexibility index (Phi) is 5.39. The van der Waals surface area contributed by atoms with Crippen LogP contribution in [0.25, 0.3) is 22.0 Å². The summed E-state index contributed by atoms with van der Waals surface area (Å²) in [5.74, 6) is 0.496. The highest BCUT2D eigenvalue weighted by atomic mass is 16.5. The molecule has 2 aromatic heterocycles. The van der Waals surface area contributed by atoms with Gasteiger partial charge in [-0.25, -0.2) is 4.98 Å². The maximum Gasteiger partial charge on any atom is 0.319 e. The lowest BCUT2D eigenvalue weighted by atomic mass is 10.0. The Balaban J connectivity index is 1.57. The summed E-state index contributed by atoms with van der Waals surface area (Å²) in [6, 6.07) is 11.5. The molecule has 0 amide bonds. The quantitative estimate of drug-likeness (QED) is 0.651. The predicted octanol–water partition coefficient (Wildman–Crippen LogP) is 3.74. The van der Waals surface area contributed by atoms with Crippen molar-refractivity contribution in [3.8, 4) is 23.0 Å². The number of aromatic nitrogens is 3. The minimum atomic E-state index is 0.292. The van der Waals surface area contributed by atoms with Gasteiger partial charge in [-0.15, -0.1) is 0 Å². The SMILES string of the molecule is COc1ncc(-c2ccc3nc(CCN4CCC[C@H]4C)ccc3c2)c(OC)n1. The Bertz CT molecular complexity index is 976. The van der Waals surface area contributed by atoms with E-state index in [0.717, 1.165) is 40.7 Å². The predicted molar refractivity (Wildman–Crippen MR) is 110 cm³/mol. The molecule has 1 aliphatic rings. The van der Waals surface area contributed by atoms with Gasteiger partial charge in [-0.3, -0.25) is 4.98 Å². The molecule has 146 valence electrons. The summed E-state index contributed by atoms with van der Waals surface area (Å²) in [6.45, 7) is 4.61. The number of fused-ring (bicyclic) bond motifs is 1. The van der Waals surface area contributed by atoms with E-state index in [2.05, 4.69) is 46.1 Å². The molecule has 1 aromatic carbocycles. The monoisotopic (exact) mass is 378 g/mol. The molecular weight excluding hydrogens is 352 g/mol. The van der Waals surface area contributed by atoms with Crippen molar-refractivity contribution in [1.82, 2.24) is 19.9 Å². The van der Waals surface area contributed by atoms with Crippen LogP contribution < -0.4 is 9.47 Å². The Labute approximate surface area is 165 Å². The van der Waals surface area contributed by atoms with Gasteiger partial charge in [-0.1, -0.05) is 12.1 Å². The number of methoxy groups -OCH3 is 2. The van der Waals surface area contributed by atoms with Crippen LogP contribution in [0.3, 0.4) is 0 Å². The minimum absolute atomic E-state index is 0.292. The summed E-state index contributed by atoms with van der Waals surface area (Å²) in [5, 5.41) is 1.09. The molecule has 0 radical (unpaired) electrons. The van der Waals surface area contributed by atoms with E-state index < -0.39 is 0 Å². The number of ether oxygens (including phenoxy) is 2. The van der Waals surface area contributed by atoms with E-state index in [9.17, 15) is 0 Å². The average Bonchev–Trinajstić information content (AvgIpc) is 3.16. The lowest BCUT2D eigenvalue weighted by Crippen LogP contribution is -2.29. The van der Waals surface area contributed by atoms with Crippen LogP contribution in [0, 0.1) is 0 Å². The highest BCUT2D eigenvalue weighted by Gasteiger charge is 2.19. The molecule has 4 rings (SSSR count). The summed E-state index contributed by atoms with van der Waals surface area (Å²) in [4.78, 5) is 15.9. The second-order valence-electron chi connectivity index (χ2n) is 7.27. The van der Waals surface area contributed by atoms with Crippen molar-refractivity contribution in [2.45, 2.75) is 32.2 Å². The summed E-state index contributed by atoms with van der Waals surface area (Å²) in [5.41, 5.74) is 3.97. The van der Waals surface area contributed by atoms with Crippen molar-refractivity contribution >= 4 is 10.9 Å². The zero-order valence-electron chi connectivity index (χ0n) is 16.7. The first kappa shape index (κ1) is 18.6. The normalized spacial score (nSPS) is 17.2. The maximum atomic E-state index is 5.41.